The molecule has 2 atom stereocenters. The minimum absolute atomic E-state index is 0.0424. The number of benzene rings is 1. The van der Waals surface area contributed by atoms with Gasteiger partial charge in [0.1, 0.15) is 0 Å². The number of fused-ring (bicyclic) bond motifs is 2. The number of aromatic amines is 1. The first-order valence-electron chi connectivity index (χ1n) is 10.2. The van der Waals surface area contributed by atoms with Gasteiger partial charge < -0.3 is 10.3 Å². The maximum atomic E-state index is 13.3. The minimum Gasteiger partial charge on any atom is -0.361 e. The first-order valence-corrected chi connectivity index (χ1v) is 10.2. The van der Waals surface area contributed by atoms with E-state index in [-0.39, 0.29) is 24.5 Å². The molecule has 2 heterocycles. The summed E-state index contributed by atoms with van der Waals surface area (Å²) in [4.78, 5) is 17.5. The lowest BCUT2D eigenvalue weighted by Gasteiger charge is -2.42. The Hall–Kier alpha value is -2.28. The Labute approximate surface area is 168 Å². The number of rotatable bonds is 5. The lowest BCUT2D eigenvalue weighted by atomic mass is 9.79. The molecule has 0 fully saturated rings. The molecule has 0 radical (unpaired) electrons. The normalized spacial score (nSPS) is 21.9. The lowest BCUT2D eigenvalue weighted by molar-refractivity contribution is -0.152. The molecule has 7 heteroatoms. The standard InChI is InChI=1S/C22H26F3N3O/c1-3-15(4-2)27-21(29)14-8-17-16-6-5-7-18-20(16)13(10-26-18)9-19(17)28(11-14)12-22(23,24)25/h5-8,10,14-15,19,26H,3-4,9,11-12H2,1-2H3,(H,27,29)/t14-,19-/m1/s1. The fourth-order valence-corrected chi connectivity index (χ4v) is 4.70. The van der Waals surface area contributed by atoms with Gasteiger partial charge in [0, 0.05) is 35.7 Å². The van der Waals surface area contributed by atoms with Gasteiger partial charge in [0.15, 0.2) is 0 Å². The van der Waals surface area contributed by atoms with E-state index >= 15 is 0 Å². The van der Waals surface area contributed by atoms with Crippen LogP contribution in [0.2, 0.25) is 0 Å². The highest BCUT2D eigenvalue weighted by Gasteiger charge is 2.42. The van der Waals surface area contributed by atoms with Crippen LogP contribution in [-0.4, -0.2) is 47.1 Å². The zero-order chi connectivity index (χ0) is 20.8. The molecule has 156 valence electrons. The zero-order valence-electron chi connectivity index (χ0n) is 16.6. The van der Waals surface area contributed by atoms with Crippen molar-refractivity contribution in [3.05, 3.63) is 41.6 Å². The summed E-state index contributed by atoms with van der Waals surface area (Å²) in [5.74, 6) is -0.788. The fourth-order valence-electron chi connectivity index (χ4n) is 4.70. The van der Waals surface area contributed by atoms with Gasteiger partial charge in [-0.2, -0.15) is 13.2 Å². The summed E-state index contributed by atoms with van der Waals surface area (Å²) >= 11 is 0. The number of aromatic nitrogens is 1. The third-order valence-electron chi connectivity index (χ3n) is 6.17. The maximum absolute atomic E-state index is 13.3. The molecule has 2 aromatic rings. The van der Waals surface area contributed by atoms with E-state index in [1.165, 1.54) is 4.90 Å². The molecule has 0 spiro atoms. The number of carbonyl (C=O) groups is 1. The van der Waals surface area contributed by atoms with Crippen LogP contribution in [0.3, 0.4) is 0 Å². The van der Waals surface area contributed by atoms with Crippen LogP contribution in [0.1, 0.15) is 37.8 Å². The summed E-state index contributed by atoms with van der Waals surface area (Å²) in [7, 11) is 0. The Bertz CT molecular complexity index is 942. The van der Waals surface area contributed by atoms with Gasteiger partial charge in [-0.15, -0.1) is 0 Å². The second kappa shape index (κ2) is 7.52. The Kier molecular flexibility index (Phi) is 5.19. The van der Waals surface area contributed by atoms with Crippen LogP contribution in [0.4, 0.5) is 13.2 Å². The zero-order valence-corrected chi connectivity index (χ0v) is 16.6. The van der Waals surface area contributed by atoms with Crippen molar-refractivity contribution >= 4 is 22.4 Å². The summed E-state index contributed by atoms with van der Waals surface area (Å²) in [6.07, 6.45) is 1.59. The predicted molar refractivity (Wildman–Crippen MR) is 107 cm³/mol. The maximum Gasteiger partial charge on any atom is 0.401 e. The van der Waals surface area contributed by atoms with Crippen molar-refractivity contribution in [2.75, 3.05) is 13.1 Å². The van der Waals surface area contributed by atoms with Crippen LogP contribution >= 0.6 is 0 Å². The molecule has 1 amide bonds. The third kappa shape index (κ3) is 3.80. The Morgan fingerprint density at radius 3 is 2.76 bits per heavy atom. The summed E-state index contributed by atoms with van der Waals surface area (Å²) in [6, 6.07) is 5.49. The molecule has 0 saturated carbocycles. The minimum atomic E-state index is -4.32. The van der Waals surface area contributed by atoms with Crippen LogP contribution < -0.4 is 5.32 Å². The molecule has 4 rings (SSSR count). The number of hydrogen-bond donors (Lipinski definition) is 2. The molecule has 0 unspecified atom stereocenters. The van der Waals surface area contributed by atoms with Crippen LogP contribution in [-0.2, 0) is 11.2 Å². The van der Waals surface area contributed by atoms with Gasteiger partial charge in [0.2, 0.25) is 5.91 Å². The van der Waals surface area contributed by atoms with Crippen molar-refractivity contribution in [3.63, 3.8) is 0 Å². The van der Waals surface area contributed by atoms with E-state index in [0.29, 0.717) is 6.42 Å². The molecular weight excluding hydrogens is 379 g/mol. The van der Waals surface area contributed by atoms with Crippen LogP contribution in [0.25, 0.3) is 16.5 Å². The highest BCUT2D eigenvalue weighted by atomic mass is 19.4. The molecule has 2 aliphatic rings. The predicted octanol–water partition coefficient (Wildman–Crippen LogP) is 4.27. The van der Waals surface area contributed by atoms with Crippen molar-refractivity contribution < 1.29 is 18.0 Å². The van der Waals surface area contributed by atoms with E-state index in [0.717, 1.165) is 40.4 Å². The summed E-state index contributed by atoms with van der Waals surface area (Å²) in [5, 5.41) is 4.06. The number of halogens is 3. The largest absolute Gasteiger partial charge is 0.401 e. The molecule has 29 heavy (non-hydrogen) atoms. The number of nitrogens with zero attached hydrogens (tertiary/aromatic N) is 1. The molecule has 4 nitrogen and oxygen atoms in total. The van der Waals surface area contributed by atoms with Crippen molar-refractivity contribution in [2.45, 2.75) is 51.4 Å². The van der Waals surface area contributed by atoms with Gasteiger partial charge in [-0.25, -0.2) is 0 Å². The van der Waals surface area contributed by atoms with Crippen molar-refractivity contribution in [1.82, 2.24) is 15.2 Å². The van der Waals surface area contributed by atoms with Crippen LogP contribution in [0.5, 0.6) is 0 Å². The monoisotopic (exact) mass is 405 g/mol. The average molecular weight is 405 g/mol. The number of nitrogens with one attached hydrogen (secondary N) is 2. The molecular formula is C22H26F3N3O. The smallest absolute Gasteiger partial charge is 0.361 e. The average Bonchev–Trinajstić information content (AvgIpc) is 3.09. The van der Waals surface area contributed by atoms with Gasteiger partial charge in [0.05, 0.1) is 12.5 Å². The van der Waals surface area contributed by atoms with E-state index in [9.17, 15) is 18.0 Å². The Morgan fingerprint density at radius 1 is 1.31 bits per heavy atom. The molecule has 1 aliphatic heterocycles. The highest BCUT2D eigenvalue weighted by molar-refractivity contribution is 5.99. The second-order valence-electron chi connectivity index (χ2n) is 8.06. The number of carbonyl (C=O) groups excluding carboxylic acids is 1. The first-order chi connectivity index (χ1) is 13.8. The van der Waals surface area contributed by atoms with Crippen LogP contribution in [0, 0.1) is 5.92 Å². The van der Waals surface area contributed by atoms with E-state index in [1.807, 2.05) is 44.3 Å². The van der Waals surface area contributed by atoms with E-state index in [2.05, 4.69) is 10.3 Å². The molecule has 0 bridgehead atoms. The van der Waals surface area contributed by atoms with Gasteiger partial charge in [0.25, 0.3) is 0 Å². The van der Waals surface area contributed by atoms with Gasteiger partial charge in [-0.3, -0.25) is 9.69 Å². The van der Waals surface area contributed by atoms with Crippen molar-refractivity contribution in [2.24, 2.45) is 5.92 Å². The molecule has 0 saturated heterocycles. The van der Waals surface area contributed by atoms with Gasteiger partial charge >= 0.3 is 6.18 Å². The quantitative estimate of drug-likeness (QED) is 0.780. The Balaban J connectivity index is 1.74. The second-order valence-corrected chi connectivity index (χ2v) is 8.06. The lowest BCUT2D eigenvalue weighted by Crippen LogP contribution is -2.52. The molecule has 1 aliphatic carbocycles. The van der Waals surface area contributed by atoms with E-state index in [4.69, 9.17) is 0 Å². The van der Waals surface area contributed by atoms with E-state index in [1.54, 1.807) is 0 Å². The number of hydrogen-bond acceptors (Lipinski definition) is 2. The van der Waals surface area contributed by atoms with E-state index < -0.39 is 18.6 Å². The Morgan fingerprint density at radius 2 is 2.07 bits per heavy atom. The topological polar surface area (TPSA) is 48.1 Å². The third-order valence-corrected chi connectivity index (χ3v) is 6.17. The first kappa shape index (κ1) is 20.0. The molecule has 2 N–H and O–H groups in total. The molecule has 1 aromatic carbocycles. The summed E-state index contributed by atoms with van der Waals surface area (Å²) < 4.78 is 40.0. The van der Waals surface area contributed by atoms with Gasteiger partial charge in [-0.05, 0) is 42.0 Å². The highest BCUT2D eigenvalue weighted by Crippen LogP contribution is 2.42. The fraction of sp³-hybridized carbons (Fsp3) is 0.500. The SMILES string of the molecule is CCC(CC)NC(=O)[C@@H]1C=C2c3cccc4[nH]cc(c34)C[C@H]2N(CC(F)(F)F)C1. The van der Waals surface area contributed by atoms with Crippen LogP contribution in [0.15, 0.2) is 30.5 Å². The number of alkyl halides is 3. The molecule has 1 aromatic heterocycles. The summed E-state index contributed by atoms with van der Waals surface area (Å²) in [5.41, 5.74) is 3.78. The van der Waals surface area contributed by atoms with Crippen molar-refractivity contribution in [1.29, 1.82) is 0 Å². The van der Waals surface area contributed by atoms with Crippen molar-refractivity contribution in [3.8, 4) is 0 Å². The number of H-pyrrole nitrogens is 1. The summed E-state index contributed by atoms with van der Waals surface area (Å²) in [6.45, 7) is 3.05. The van der Waals surface area contributed by atoms with Gasteiger partial charge in [-0.1, -0.05) is 32.1 Å². The number of amides is 1.